The van der Waals surface area contributed by atoms with Crippen LogP contribution in [0.5, 0.6) is 0 Å². The van der Waals surface area contributed by atoms with Gasteiger partial charge in [-0.1, -0.05) is 33.3 Å². The van der Waals surface area contributed by atoms with Crippen LogP contribution in [-0.4, -0.2) is 5.78 Å². The van der Waals surface area contributed by atoms with Gasteiger partial charge < -0.3 is 0 Å². The van der Waals surface area contributed by atoms with Crippen molar-refractivity contribution in [2.24, 2.45) is 0 Å². The van der Waals surface area contributed by atoms with Gasteiger partial charge in [-0.3, -0.25) is 4.79 Å². The second kappa shape index (κ2) is 7.48. The summed E-state index contributed by atoms with van der Waals surface area (Å²) in [5.41, 5.74) is 0.592. The minimum atomic E-state index is -0.614. The van der Waals surface area contributed by atoms with E-state index < -0.39 is 11.6 Å². The van der Waals surface area contributed by atoms with Crippen LogP contribution in [0.2, 0.25) is 0 Å². The second-order valence-electron chi connectivity index (χ2n) is 3.16. The van der Waals surface area contributed by atoms with Gasteiger partial charge in [0, 0.05) is 0 Å². The van der Waals surface area contributed by atoms with E-state index in [0.29, 0.717) is 18.4 Å². The molecule has 0 atom stereocenters. The zero-order valence-electron chi connectivity index (χ0n) is 9.27. The number of ketones is 1. The molecular formula is C12H19FO. The van der Waals surface area contributed by atoms with Crippen molar-refractivity contribution in [1.82, 2.24) is 0 Å². The average Bonchev–Trinajstić information content (AvgIpc) is 2.19. The highest BCUT2D eigenvalue weighted by molar-refractivity contribution is 6.06. The van der Waals surface area contributed by atoms with Crippen molar-refractivity contribution in [3.05, 3.63) is 23.6 Å². The lowest BCUT2D eigenvalue weighted by Gasteiger charge is -2.01. The molecule has 0 radical (unpaired) electrons. The Morgan fingerprint density at radius 3 is 2.29 bits per heavy atom. The van der Waals surface area contributed by atoms with E-state index >= 15 is 0 Å². The molecule has 14 heavy (non-hydrogen) atoms. The molecule has 0 fully saturated rings. The SMILES string of the molecule is CCC=C(F)C(=O)C(=CCCC)CC. The first kappa shape index (κ1) is 13.1. The van der Waals surface area contributed by atoms with Gasteiger partial charge in [0.15, 0.2) is 5.83 Å². The van der Waals surface area contributed by atoms with E-state index in [0.717, 1.165) is 12.8 Å². The Bertz CT molecular complexity index is 239. The molecule has 0 aromatic rings. The Labute approximate surface area is 85.7 Å². The molecule has 0 N–H and O–H groups in total. The van der Waals surface area contributed by atoms with Gasteiger partial charge in [0.1, 0.15) is 0 Å². The molecule has 1 nitrogen and oxygen atoms in total. The number of unbranched alkanes of at least 4 members (excludes halogenated alkanes) is 1. The lowest BCUT2D eigenvalue weighted by Crippen LogP contribution is -2.02. The smallest absolute Gasteiger partial charge is 0.216 e. The first-order valence-electron chi connectivity index (χ1n) is 5.26. The molecule has 0 bridgehead atoms. The Morgan fingerprint density at radius 1 is 1.21 bits per heavy atom. The maximum absolute atomic E-state index is 13.1. The van der Waals surface area contributed by atoms with Gasteiger partial charge in [-0.05, 0) is 30.9 Å². The summed E-state index contributed by atoms with van der Waals surface area (Å²) in [6, 6.07) is 0. The van der Waals surface area contributed by atoms with Gasteiger partial charge in [-0.2, -0.15) is 0 Å². The van der Waals surface area contributed by atoms with Crippen LogP contribution < -0.4 is 0 Å². The number of carbonyl (C=O) groups is 1. The first-order chi connectivity index (χ1) is 6.67. The molecule has 0 unspecified atom stereocenters. The van der Waals surface area contributed by atoms with Crippen LogP contribution in [0.3, 0.4) is 0 Å². The molecule has 0 aliphatic rings. The van der Waals surface area contributed by atoms with Crippen molar-refractivity contribution in [2.45, 2.75) is 46.5 Å². The van der Waals surface area contributed by atoms with Gasteiger partial charge in [0.2, 0.25) is 5.78 Å². The Hall–Kier alpha value is -0.920. The van der Waals surface area contributed by atoms with E-state index in [2.05, 4.69) is 0 Å². The van der Waals surface area contributed by atoms with Gasteiger partial charge in [-0.25, -0.2) is 4.39 Å². The maximum Gasteiger partial charge on any atom is 0.216 e. The molecule has 0 aliphatic heterocycles. The van der Waals surface area contributed by atoms with Crippen LogP contribution in [0.1, 0.15) is 46.5 Å². The zero-order valence-corrected chi connectivity index (χ0v) is 9.27. The van der Waals surface area contributed by atoms with Crippen LogP contribution in [-0.2, 0) is 4.79 Å². The summed E-state index contributed by atoms with van der Waals surface area (Å²) in [6.45, 7) is 5.72. The Kier molecular flexibility index (Phi) is 6.99. The Morgan fingerprint density at radius 2 is 1.86 bits per heavy atom. The van der Waals surface area contributed by atoms with Crippen molar-refractivity contribution in [3.63, 3.8) is 0 Å². The molecule has 0 heterocycles. The van der Waals surface area contributed by atoms with Crippen LogP contribution in [0, 0.1) is 0 Å². The quantitative estimate of drug-likeness (QED) is 0.590. The summed E-state index contributed by atoms with van der Waals surface area (Å²) in [5.74, 6) is -1.06. The molecule has 2 heteroatoms. The molecule has 0 aromatic carbocycles. The standard InChI is InChI=1S/C12H19FO/c1-4-7-9-10(6-3)12(14)11(13)8-5-2/h8-9H,4-7H2,1-3H3. The van der Waals surface area contributed by atoms with Gasteiger partial charge >= 0.3 is 0 Å². The van der Waals surface area contributed by atoms with Crippen molar-refractivity contribution in [1.29, 1.82) is 0 Å². The fourth-order valence-corrected chi connectivity index (χ4v) is 1.14. The van der Waals surface area contributed by atoms with E-state index in [1.807, 2.05) is 26.8 Å². The summed E-state index contributed by atoms with van der Waals surface area (Å²) in [7, 11) is 0. The molecular weight excluding hydrogens is 179 g/mol. The number of Topliss-reactive ketones (excluding diaryl/α,β-unsaturated/α-hetero) is 1. The van der Waals surface area contributed by atoms with Crippen LogP contribution in [0.15, 0.2) is 23.6 Å². The largest absolute Gasteiger partial charge is 0.286 e. The van der Waals surface area contributed by atoms with Gasteiger partial charge in [0.25, 0.3) is 0 Å². The molecule has 0 saturated heterocycles. The van der Waals surface area contributed by atoms with E-state index in [-0.39, 0.29) is 0 Å². The molecule has 0 amide bonds. The first-order valence-corrected chi connectivity index (χ1v) is 5.26. The monoisotopic (exact) mass is 198 g/mol. The van der Waals surface area contributed by atoms with Gasteiger partial charge in [0.05, 0.1) is 0 Å². The predicted molar refractivity (Wildman–Crippen MR) is 57.8 cm³/mol. The summed E-state index contributed by atoms with van der Waals surface area (Å²) in [6.07, 6.45) is 6.15. The predicted octanol–water partition coefficient (Wildman–Crippen LogP) is 3.96. The molecule has 0 rings (SSSR count). The lowest BCUT2D eigenvalue weighted by molar-refractivity contribution is -0.113. The third-order valence-electron chi connectivity index (χ3n) is 1.95. The van der Waals surface area contributed by atoms with Crippen molar-refractivity contribution >= 4 is 5.78 Å². The van der Waals surface area contributed by atoms with Crippen LogP contribution in [0.25, 0.3) is 0 Å². The maximum atomic E-state index is 13.1. The minimum absolute atomic E-state index is 0.442. The molecule has 0 spiro atoms. The fraction of sp³-hybridized carbons (Fsp3) is 0.583. The number of allylic oxidation sites excluding steroid dienone is 4. The molecule has 80 valence electrons. The fourth-order valence-electron chi connectivity index (χ4n) is 1.14. The van der Waals surface area contributed by atoms with E-state index in [4.69, 9.17) is 0 Å². The summed E-state index contributed by atoms with van der Waals surface area (Å²) >= 11 is 0. The average molecular weight is 198 g/mol. The third kappa shape index (κ3) is 4.35. The molecule has 0 saturated carbocycles. The van der Waals surface area contributed by atoms with Crippen LogP contribution >= 0.6 is 0 Å². The number of halogens is 1. The zero-order chi connectivity index (χ0) is 11.0. The van der Waals surface area contributed by atoms with Crippen molar-refractivity contribution in [2.75, 3.05) is 0 Å². The topological polar surface area (TPSA) is 17.1 Å². The second-order valence-corrected chi connectivity index (χ2v) is 3.16. The van der Waals surface area contributed by atoms with Crippen LogP contribution in [0.4, 0.5) is 4.39 Å². The summed E-state index contributed by atoms with van der Waals surface area (Å²) in [4.78, 5) is 11.5. The number of hydrogen-bond donors (Lipinski definition) is 0. The van der Waals surface area contributed by atoms with E-state index in [9.17, 15) is 9.18 Å². The highest BCUT2D eigenvalue weighted by Gasteiger charge is 2.11. The number of hydrogen-bond acceptors (Lipinski definition) is 1. The van der Waals surface area contributed by atoms with Crippen molar-refractivity contribution < 1.29 is 9.18 Å². The number of carbonyl (C=O) groups excluding carboxylic acids is 1. The molecule has 0 aliphatic carbocycles. The highest BCUT2D eigenvalue weighted by Crippen LogP contribution is 2.13. The molecule has 0 aromatic heterocycles. The van der Waals surface area contributed by atoms with E-state index in [1.54, 1.807) is 0 Å². The summed E-state index contributed by atoms with van der Waals surface area (Å²) in [5, 5.41) is 0. The highest BCUT2D eigenvalue weighted by atomic mass is 19.1. The lowest BCUT2D eigenvalue weighted by atomic mass is 10.1. The number of rotatable bonds is 6. The van der Waals surface area contributed by atoms with Gasteiger partial charge in [-0.15, -0.1) is 0 Å². The van der Waals surface area contributed by atoms with Crippen molar-refractivity contribution in [3.8, 4) is 0 Å². The Balaban J connectivity index is 4.54. The normalized spacial score (nSPS) is 13.1. The van der Waals surface area contributed by atoms with E-state index in [1.165, 1.54) is 6.08 Å². The summed E-state index contributed by atoms with van der Waals surface area (Å²) < 4.78 is 13.1. The minimum Gasteiger partial charge on any atom is -0.286 e. The third-order valence-corrected chi connectivity index (χ3v) is 1.95.